The fraction of sp³-hybridized carbons (Fsp3) is 0.240. The molecule has 3 heterocycles. The lowest BCUT2D eigenvalue weighted by Crippen LogP contribution is -2.38. The Labute approximate surface area is 220 Å². The largest absolute Gasteiger partial charge is 0.354 e. The van der Waals surface area contributed by atoms with Gasteiger partial charge in [-0.3, -0.25) is 4.79 Å². The fourth-order valence-corrected chi connectivity index (χ4v) is 5.62. The van der Waals surface area contributed by atoms with E-state index in [4.69, 9.17) is 44.3 Å². The van der Waals surface area contributed by atoms with Gasteiger partial charge < -0.3 is 9.42 Å². The van der Waals surface area contributed by atoms with E-state index in [2.05, 4.69) is 5.16 Å². The fourth-order valence-electron chi connectivity index (χ4n) is 4.12. The molecular formula is C25H19Cl3FN3O2S. The van der Waals surface area contributed by atoms with Gasteiger partial charge in [-0.2, -0.15) is 0 Å². The van der Waals surface area contributed by atoms with Crippen LogP contribution in [0.25, 0.3) is 22.7 Å². The average molecular weight is 551 g/mol. The third kappa shape index (κ3) is 5.23. The van der Waals surface area contributed by atoms with E-state index in [0.29, 0.717) is 34.6 Å². The van der Waals surface area contributed by atoms with E-state index in [1.165, 1.54) is 12.1 Å². The van der Waals surface area contributed by atoms with Crippen LogP contribution in [0.4, 0.5) is 4.39 Å². The van der Waals surface area contributed by atoms with Crippen molar-refractivity contribution in [3.63, 3.8) is 0 Å². The van der Waals surface area contributed by atoms with Crippen LogP contribution in [0.15, 0.2) is 52.4 Å². The van der Waals surface area contributed by atoms with Crippen molar-refractivity contribution in [2.45, 2.75) is 25.2 Å². The molecule has 1 saturated heterocycles. The van der Waals surface area contributed by atoms with Crippen molar-refractivity contribution in [3.8, 4) is 22.7 Å². The molecule has 1 fully saturated rings. The third-order valence-electron chi connectivity index (χ3n) is 6.09. The second-order valence-electron chi connectivity index (χ2n) is 8.31. The number of thiazole rings is 1. The molecule has 2 aromatic heterocycles. The van der Waals surface area contributed by atoms with Gasteiger partial charge in [0.15, 0.2) is 5.76 Å². The summed E-state index contributed by atoms with van der Waals surface area (Å²) < 4.78 is 19.6. The molecule has 1 aliphatic heterocycles. The van der Waals surface area contributed by atoms with E-state index in [1.807, 2.05) is 17.5 Å². The lowest BCUT2D eigenvalue weighted by atomic mass is 9.97. The van der Waals surface area contributed by atoms with E-state index in [0.717, 1.165) is 29.1 Å². The van der Waals surface area contributed by atoms with Gasteiger partial charge in [0.1, 0.15) is 17.2 Å². The zero-order valence-corrected chi connectivity index (χ0v) is 21.4. The van der Waals surface area contributed by atoms with Crippen molar-refractivity contribution in [3.05, 3.63) is 79.3 Å². The standard InChI is InChI=1S/C25H19Cl3FN3O2S/c26-17-2-1-3-20(29)16(17)11-24(33)32-8-6-14(7-9-32)25-30-22(13-35-25)23-12-21(31-34-23)15-4-5-18(27)19(28)10-15/h1-5,10,12-14H,6-9,11H2. The summed E-state index contributed by atoms with van der Waals surface area (Å²) in [6.07, 6.45) is 1.54. The number of hydrogen-bond acceptors (Lipinski definition) is 5. The van der Waals surface area contributed by atoms with Gasteiger partial charge in [-0.05, 0) is 37.1 Å². The Kier molecular flexibility index (Phi) is 7.12. The zero-order valence-electron chi connectivity index (χ0n) is 18.3. The molecule has 0 radical (unpaired) electrons. The lowest BCUT2D eigenvalue weighted by Gasteiger charge is -2.31. The number of likely N-dealkylation sites (tertiary alicyclic amines) is 1. The molecule has 4 aromatic rings. The SMILES string of the molecule is O=C(Cc1c(F)cccc1Cl)N1CCC(c2nc(-c3cc(-c4ccc(Cl)c(Cl)c4)no3)cs2)CC1. The number of aromatic nitrogens is 2. The van der Waals surface area contributed by atoms with Crippen molar-refractivity contribution < 1.29 is 13.7 Å². The number of amides is 1. The topological polar surface area (TPSA) is 59.2 Å². The second-order valence-corrected chi connectivity index (χ2v) is 10.4. The molecule has 0 spiro atoms. The highest BCUT2D eigenvalue weighted by atomic mass is 35.5. The highest BCUT2D eigenvalue weighted by Crippen LogP contribution is 2.35. The molecule has 1 aliphatic rings. The van der Waals surface area contributed by atoms with Crippen LogP contribution in [0.2, 0.25) is 15.1 Å². The molecule has 0 N–H and O–H groups in total. The highest BCUT2D eigenvalue weighted by Gasteiger charge is 2.27. The molecule has 10 heteroatoms. The van der Waals surface area contributed by atoms with Gasteiger partial charge in [-0.25, -0.2) is 9.37 Å². The minimum absolute atomic E-state index is 0.0375. The molecule has 35 heavy (non-hydrogen) atoms. The van der Waals surface area contributed by atoms with E-state index < -0.39 is 5.82 Å². The van der Waals surface area contributed by atoms with Crippen molar-refractivity contribution in [2.24, 2.45) is 0 Å². The minimum atomic E-state index is -0.453. The Morgan fingerprint density at radius 1 is 1.06 bits per heavy atom. The van der Waals surface area contributed by atoms with Crippen LogP contribution in [0, 0.1) is 5.82 Å². The first kappa shape index (κ1) is 24.3. The first-order valence-corrected chi connectivity index (χ1v) is 13.0. The highest BCUT2D eigenvalue weighted by molar-refractivity contribution is 7.10. The van der Waals surface area contributed by atoms with Crippen LogP contribution in [0.3, 0.4) is 0 Å². The van der Waals surface area contributed by atoms with E-state index in [-0.39, 0.29) is 28.8 Å². The minimum Gasteiger partial charge on any atom is -0.354 e. The predicted molar refractivity (Wildman–Crippen MR) is 137 cm³/mol. The molecule has 180 valence electrons. The van der Waals surface area contributed by atoms with Gasteiger partial charge in [0.05, 0.1) is 21.5 Å². The average Bonchev–Trinajstić information content (AvgIpc) is 3.53. The van der Waals surface area contributed by atoms with Crippen molar-refractivity contribution in [1.82, 2.24) is 15.0 Å². The number of benzene rings is 2. The van der Waals surface area contributed by atoms with Gasteiger partial charge in [0.25, 0.3) is 0 Å². The number of nitrogens with zero attached hydrogens (tertiary/aromatic N) is 3. The number of piperidine rings is 1. The quantitative estimate of drug-likeness (QED) is 0.258. The molecule has 0 unspecified atom stereocenters. The van der Waals surface area contributed by atoms with Crippen molar-refractivity contribution in [2.75, 3.05) is 13.1 Å². The summed E-state index contributed by atoms with van der Waals surface area (Å²) >= 11 is 19.8. The molecule has 1 amide bonds. The van der Waals surface area contributed by atoms with Crippen LogP contribution < -0.4 is 0 Å². The summed E-state index contributed by atoms with van der Waals surface area (Å²) in [5.41, 5.74) is 2.42. The molecule has 0 atom stereocenters. The number of rotatable bonds is 5. The smallest absolute Gasteiger partial charge is 0.227 e. The Hall–Kier alpha value is -2.45. The first-order valence-electron chi connectivity index (χ1n) is 11.0. The third-order valence-corrected chi connectivity index (χ3v) is 8.19. The number of carbonyl (C=O) groups is 1. The van der Waals surface area contributed by atoms with Gasteiger partial charge in [0.2, 0.25) is 5.91 Å². The van der Waals surface area contributed by atoms with Crippen molar-refractivity contribution in [1.29, 1.82) is 0 Å². The Balaban J connectivity index is 1.22. The van der Waals surface area contributed by atoms with Crippen LogP contribution >= 0.6 is 46.1 Å². The number of hydrogen-bond donors (Lipinski definition) is 0. The molecule has 5 rings (SSSR count). The molecule has 0 saturated carbocycles. The summed E-state index contributed by atoms with van der Waals surface area (Å²) in [5.74, 6) is 0.243. The maximum Gasteiger partial charge on any atom is 0.227 e. The molecular weight excluding hydrogens is 532 g/mol. The van der Waals surface area contributed by atoms with Crippen molar-refractivity contribution >= 4 is 52.0 Å². The number of halogens is 4. The predicted octanol–water partition coefficient (Wildman–Crippen LogP) is 7.51. The Bertz CT molecular complexity index is 1360. The van der Waals surface area contributed by atoms with Gasteiger partial charge in [0, 0.05) is 46.6 Å². The van der Waals surface area contributed by atoms with Crippen LogP contribution in [0.1, 0.15) is 29.3 Å². The maximum atomic E-state index is 14.0. The van der Waals surface area contributed by atoms with Gasteiger partial charge >= 0.3 is 0 Å². The monoisotopic (exact) mass is 549 g/mol. The van der Waals surface area contributed by atoms with Crippen LogP contribution in [-0.4, -0.2) is 34.0 Å². The molecule has 0 bridgehead atoms. The van der Waals surface area contributed by atoms with Gasteiger partial charge in [-0.1, -0.05) is 52.1 Å². The second kappa shape index (κ2) is 10.3. The Morgan fingerprint density at radius 2 is 1.86 bits per heavy atom. The number of carbonyl (C=O) groups excluding carboxylic acids is 1. The summed E-state index contributed by atoms with van der Waals surface area (Å²) in [4.78, 5) is 19.3. The Morgan fingerprint density at radius 3 is 2.60 bits per heavy atom. The lowest BCUT2D eigenvalue weighted by molar-refractivity contribution is -0.131. The molecule has 0 aliphatic carbocycles. The molecule has 2 aromatic carbocycles. The summed E-state index contributed by atoms with van der Waals surface area (Å²) in [7, 11) is 0. The summed E-state index contributed by atoms with van der Waals surface area (Å²) in [5, 5.41) is 8.29. The van der Waals surface area contributed by atoms with Gasteiger partial charge in [-0.15, -0.1) is 11.3 Å². The van der Waals surface area contributed by atoms with Crippen LogP contribution in [0.5, 0.6) is 0 Å². The van der Waals surface area contributed by atoms with E-state index in [9.17, 15) is 9.18 Å². The first-order chi connectivity index (χ1) is 16.9. The molecule has 5 nitrogen and oxygen atoms in total. The maximum absolute atomic E-state index is 14.0. The summed E-state index contributed by atoms with van der Waals surface area (Å²) in [6, 6.07) is 11.6. The zero-order chi connectivity index (χ0) is 24.5. The normalized spacial score (nSPS) is 14.5. The van der Waals surface area contributed by atoms with Crippen LogP contribution in [-0.2, 0) is 11.2 Å². The summed E-state index contributed by atoms with van der Waals surface area (Å²) in [6.45, 7) is 1.18. The van der Waals surface area contributed by atoms with E-state index >= 15 is 0 Å². The van der Waals surface area contributed by atoms with E-state index in [1.54, 1.807) is 34.4 Å².